The van der Waals surface area contributed by atoms with Crippen molar-refractivity contribution < 1.29 is 4.89 Å². The number of hydrogen-bond donors (Lipinski definition) is 1. The summed E-state index contributed by atoms with van der Waals surface area (Å²) in [5.74, 6) is 0. The molecule has 0 amide bonds. The molecule has 11 aromatic rings. The van der Waals surface area contributed by atoms with Gasteiger partial charge in [0.25, 0.3) is 0 Å². The fraction of sp³-hybridized carbons (Fsp3) is 0.0625. The molecule has 324 valence electrons. The molecule has 0 radical (unpaired) electrons. The molecule has 3 aliphatic rings. The standard InChI is InChI=1S/C64H47N2OP/c1-63(2)52-25-11-9-22-48(52)49-38-36-45(40-56(49)63)65(44-34-32-43(33-35-44)42-18-5-3-6-19-42)46-37-39-61-57(41-46)64(54-27-13-16-31-60(54)68(61,67)47-20-7-4-8-21-47)53-26-12-15-30-59(53)66-58-29-14-10-23-50(58)51-24-17-28-55(64)62(51)66/h3-41,67-68H,1-2H3. The molecule has 68 heavy (non-hydrogen) atoms. The van der Waals surface area contributed by atoms with Crippen LogP contribution in [-0.2, 0) is 10.8 Å². The molecule has 0 saturated heterocycles. The molecule has 3 heterocycles. The van der Waals surface area contributed by atoms with Crippen molar-refractivity contribution in [3.05, 3.63) is 270 Å². The number of nitrogens with zero attached hydrogens (tertiary/aromatic N) is 2. The van der Waals surface area contributed by atoms with Crippen molar-refractivity contribution >= 4 is 62.3 Å². The normalized spacial score (nSPS) is 16.9. The number of fused-ring (bicyclic) bond motifs is 14. The molecule has 3 nitrogen and oxygen atoms in total. The summed E-state index contributed by atoms with van der Waals surface area (Å²) in [7, 11) is -3.65. The summed E-state index contributed by atoms with van der Waals surface area (Å²) in [6.45, 7) is 4.71. The minimum absolute atomic E-state index is 0.185. The van der Waals surface area contributed by atoms with Gasteiger partial charge in [0.2, 0.25) is 0 Å². The van der Waals surface area contributed by atoms with Crippen molar-refractivity contribution in [2.45, 2.75) is 24.7 Å². The van der Waals surface area contributed by atoms with E-state index in [0.717, 1.165) is 49.8 Å². The average Bonchev–Trinajstić information content (AvgIpc) is 3.86. The van der Waals surface area contributed by atoms with Crippen LogP contribution in [0.4, 0.5) is 17.1 Å². The molecule has 4 heteroatoms. The van der Waals surface area contributed by atoms with Gasteiger partial charge in [0.15, 0.2) is 0 Å². The molecule has 0 fully saturated rings. The van der Waals surface area contributed by atoms with Crippen LogP contribution in [0.2, 0.25) is 0 Å². The first kappa shape index (κ1) is 39.4. The maximum atomic E-state index is 14.1. The third-order valence-corrected chi connectivity index (χ3v) is 19.3. The van der Waals surface area contributed by atoms with E-state index in [2.05, 4.69) is 260 Å². The second kappa shape index (κ2) is 14.3. The number of para-hydroxylation sites is 3. The van der Waals surface area contributed by atoms with Crippen LogP contribution in [0.3, 0.4) is 0 Å². The molecule has 14 rings (SSSR count). The minimum atomic E-state index is -3.65. The van der Waals surface area contributed by atoms with Crippen molar-refractivity contribution in [3.8, 4) is 27.9 Å². The van der Waals surface area contributed by atoms with Gasteiger partial charge in [0.1, 0.15) is 0 Å². The molecule has 1 aromatic heterocycles. The third-order valence-electron chi connectivity index (χ3n) is 15.7. The molecule has 1 aliphatic carbocycles. The van der Waals surface area contributed by atoms with E-state index in [1.807, 2.05) is 0 Å². The SMILES string of the molecule is CC1(C)c2ccccc2-c2ccc(N(c3ccc(-c4ccccc4)cc3)c3ccc4c(c3)C3(c5ccccc5-n5c6ccccc6c6cccc3c65)c3ccccc3[PH]4(O)c3ccccc3)cc21. The van der Waals surface area contributed by atoms with Crippen LogP contribution < -0.4 is 20.8 Å². The van der Waals surface area contributed by atoms with Crippen molar-refractivity contribution in [2.75, 3.05) is 4.90 Å². The van der Waals surface area contributed by atoms with Gasteiger partial charge in [-0.3, -0.25) is 0 Å². The van der Waals surface area contributed by atoms with Gasteiger partial charge in [-0.25, -0.2) is 0 Å². The van der Waals surface area contributed by atoms with Crippen LogP contribution in [-0.4, -0.2) is 9.46 Å². The van der Waals surface area contributed by atoms with Crippen LogP contribution in [0, 0.1) is 0 Å². The Labute approximate surface area is 397 Å². The Morgan fingerprint density at radius 3 is 1.78 bits per heavy atom. The zero-order valence-corrected chi connectivity index (χ0v) is 38.9. The number of rotatable bonds is 5. The topological polar surface area (TPSA) is 28.4 Å². The van der Waals surface area contributed by atoms with Gasteiger partial charge in [-0.2, -0.15) is 0 Å². The maximum absolute atomic E-state index is 14.1. The Morgan fingerprint density at radius 2 is 0.971 bits per heavy atom. The monoisotopic (exact) mass is 890 g/mol. The fourth-order valence-electron chi connectivity index (χ4n) is 12.7. The summed E-state index contributed by atoms with van der Waals surface area (Å²) >= 11 is 0. The van der Waals surface area contributed by atoms with Crippen LogP contribution in [0.1, 0.15) is 47.2 Å². The Balaban J connectivity index is 1.09. The molecule has 1 spiro atoms. The van der Waals surface area contributed by atoms with Gasteiger partial charge < -0.3 is 0 Å². The van der Waals surface area contributed by atoms with E-state index in [1.54, 1.807) is 0 Å². The fourth-order valence-corrected chi connectivity index (χ4v) is 16.3. The van der Waals surface area contributed by atoms with Crippen molar-refractivity contribution in [2.24, 2.45) is 0 Å². The summed E-state index contributed by atoms with van der Waals surface area (Å²) in [6, 6.07) is 86.6. The molecule has 10 aromatic carbocycles. The second-order valence-corrected chi connectivity index (χ2v) is 22.4. The first-order valence-electron chi connectivity index (χ1n) is 23.7. The summed E-state index contributed by atoms with van der Waals surface area (Å²) in [5.41, 5.74) is 18.0. The summed E-state index contributed by atoms with van der Waals surface area (Å²) in [5, 5.41) is 5.46. The number of aromatic nitrogens is 1. The van der Waals surface area contributed by atoms with E-state index < -0.39 is 12.9 Å². The van der Waals surface area contributed by atoms with Gasteiger partial charge in [0, 0.05) is 0 Å². The van der Waals surface area contributed by atoms with Gasteiger partial charge in [0.05, 0.1) is 0 Å². The van der Waals surface area contributed by atoms with E-state index >= 15 is 0 Å². The first-order chi connectivity index (χ1) is 33.4. The van der Waals surface area contributed by atoms with Gasteiger partial charge in [-0.15, -0.1) is 0 Å². The molecule has 0 saturated carbocycles. The predicted octanol–water partition coefficient (Wildman–Crippen LogP) is 14.2. The van der Waals surface area contributed by atoms with Gasteiger partial charge in [-0.1, -0.05) is 6.07 Å². The number of anilines is 3. The van der Waals surface area contributed by atoms with Crippen molar-refractivity contribution in [3.63, 3.8) is 0 Å². The average molecular weight is 891 g/mol. The van der Waals surface area contributed by atoms with Gasteiger partial charge in [-0.05, 0) is 0 Å². The molecule has 2 aliphatic heterocycles. The number of benzene rings is 10. The van der Waals surface area contributed by atoms with E-state index in [0.29, 0.717) is 0 Å². The summed E-state index contributed by atoms with van der Waals surface area (Å²) in [6.07, 6.45) is 0. The molecular weight excluding hydrogens is 844 g/mol. The zero-order chi connectivity index (χ0) is 45.4. The first-order valence-corrected chi connectivity index (χ1v) is 25.7. The Kier molecular flexibility index (Phi) is 8.31. The van der Waals surface area contributed by atoms with E-state index in [4.69, 9.17) is 0 Å². The zero-order valence-electron chi connectivity index (χ0n) is 37.9. The molecule has 1 N–H and O–H groups in total. The second-order valence-electron chi connectivity index (χ2n) is 19.3. The summed E-state index contributed by atoms with van der Waals surface area (Å²) < 4.78 is 2.49. The van der Waals surface area contributed by atoms with E-state index in [1.165, 1.54) is 66.3 Å². The van der Waals surface area contributed by atoms with E-state index in [-0.39, 0.29) is 5.41 Å². The predicted molar refractivity (Wildman–Crippen MR) is 286 cm³/mol. The van der Waals surface area contributed by atoms with Crippen LogP contribution >= 0.6 is 7.49 Å². The molecule has 0 bridgehead atoms. The van der Waals surface area contributed by atoms with E-state index in [9.17, 15) is 4.89 Å². The molecular formula is C64H47N2OP. The van der Waals surface area contributed by atoms with Crippen molar-refractivity contribution in [1.82, 2.24) is 4.57 Å². The molecule has 1 atom stereocenters. The van der Waals surface area contributed by atoms with Crippen LogP contribution in [0.5, 0.6) is 0 Å². The Hall–Kier alpha value is -7.81. The number of hydrogen-bond acceptors (Lipinski definition) is 2. The van der Waals surface area contributed by atoms with Crippen molar-refractivity contribution in [1.29, 1.82) is 0 Å². The Morgan fingerprint density at radius 1 is 0.412 bits per heavy atom. The summed E-state index contributed by atoms with van der Waals surface area (Å²) in [4.78, 5) is 16.5. The quantitative estimate of drug-likeness (QED) is 0.174. The Bertz CT molecular complexity index is 3850. The van der Waals surface area contributed by atoms with Crippen LogP contribution in [0.25, 0.3) is 49.7 Å². The molecule has 1 unspecified atom stereocenters. The third kappa shape index (κ3) is 5.15. The van der Waals surface area contributed by atoms with Gasteiger partial charge >= 0.3 is 393 Å². The van der Waals surface area contributed by atoms with Crippen LogP contribution in [0.15, 0.2) is 237 Å².